The zero-order valence-corrected chi connectivity index (χ0v) is 7.04. The van der Waals surface area contributed by atoms with Gasteiger partial charge >= 0.3 is 0 Å². The third-order valence-electron chi connectivity index (χ3n) is 1.34. The van der Waals surface area contributed by atoms with E-state index in [1.54, 1.807) is 13.0 Å². The fourth-order valence-electron chi connectivity index (χ4n) is 0.866. The van der Waals surface area contributed by atoms with Gasteiger partial charge in [0.2, 0.25) is 5.82 Å². The molecule has 0 saturated carbocycles. The van der Waals surface area contributed by atoms with Crippen molar-refractivity contribution in [3.05, 3.63) is 34.0 Å². The lowest BCUT2D eigenvalue weighted by molar-refractivity contribution is -0.592. The molecule has 0 atom stereocenters. The van der Waals surface area contributed by atoms with Crippen molar-refractivity contribution >= 4 is 5.82 Å². The van der Waals surface area contributed by atoms with Gasteiger partial charge in [-0.15, -0.1) is 0 Å². The Kier molecular flexibility index (Phi) is 2.94. The summed E-state index contributed by atoms with van der Waals surface area (Å²) in [5, 5.41) is 14.3. The second kappa shape index (κ2) is 4.18. The van der Waals surface area contributed by atoms with Crippen molar-refractivity contribution in [1.29, 1.82) is 0 Å². The number of hydrogen-bond donors (Lipinski definition) is 0. The summed E-state index contributed by atoms with van der Waals surface area (Å²) in [6.07, 6.45) is 1.24. The predicted molar refractivity (Wildman–Crippen MR) is 45.4 cm³/mol. The van der Waals surface area contributed by atoms with Gasteiger partial charge < -0.3 is 9.94 Å². The number of aromatic nitrogens is 1. The molecule has 1 aromatic rings. The van der Waals surface area contributed by atoms with E-state index in [2.05, 4.69) is 10.0 Å². The van der Waals surface area contributed by atoms with Crippen LogP contribution >= 0.6 is 0 Å². The SMILES string of the molecule is CCOc1ccc[n+]([O-])c1N=[N+]=[N-]. The van der Waals surface area contributed by atoms with Crippen molar-refractivity contribution in [3.63, 3.8) is 0 Å². The quantitative estimate of drug-likeness (QED) is 0.233. The summed E-state index contributed by atoms with van der Waals surface area (Å²) < 4.78 is 5.55. The predicted octanol–water partition coefficient (Wildman–Crippen LogP) is 1.66. The van der Waals surface area contributed by atoms with Gasteiger partial charge in [0.05, 0.1) is 12.8 Å². The number of nitrogens with zero attached hydrogens (tertiary/aromatic N) is 4. The van der Waals surface area contributed by atoms with E-state index in [0.29, 0.717) is 11.3 Å². The molecule has 68 valence electrons. The van der Waals surface area contributed by atoms with Crippen LogP contribution < -0.4 is 9.47 Å². The zero-order valence-electron chi connectivity index (χ0n) is 7.04. The lowest BCUT2D eigenvalue weighted by Gasteiger charge is -2.10. The summed E-state index contributed by atoms with van der Waals surface area (Å²) in [6.45, 7) is 2.19. The van der Waals surface area contributed by atoms with Gasteiger partial charge in [-0.2, -0.15) is 0 Å². The molecule has 0 amide bonds. The van der Waals surface area contributed by atoms with Gasteiger partial charge in [-0.3, -0.25) is 4.73 Å². The maximum absolute atomic E-state index is 11.1. The minimum atomic E-state index is -0.0631. The normalized spacial score (nSPS) is 9.00. The molecule has 1 aromatic heterocycles. The Labute approximate surface area is 74.6 Å². The maximum Gasteiger partial charge on any atom is 0.233 e. The van der Waals surface area contributed by atoms with Crippen LogP contribution in [-0.2, 0) is 0 Å². The van der Waals surface area contributed by atoms with Crippen LogP contribution in [0.4, 0.5) is 5.82 Å². The van der Waals surface area contributed by atoms with Gasteiger partial charge in [0, 0.05) is 4.91 Å². The highest BCUT2D eigenvalue weighted by molar-refractivity contribution is 5.39. The molecule has 6 heteroatoms. The number of rotatable bonds is 3. The molecule has 1 heterocycles. The molecule has 0 aliphatic heterocycles. The van der Waals surface area contributed by atoms with Gasteiger partial charge in [-0.1, -0.05) is 0 Å². The van der Waals surface area contributed by atoms with E-state index in [1.165, 1.54) is 12.3 Å². The first kappa shape index (κ1) is 9.15. The molecule has 0 unspecified atom stereocenters. The Morgan fingerprint density at radius 2 is 2.54 bits per heavy atom. The largest absolute Gasteiger partial charge is 0.713 e. The summed E-state index contributed by atoms with van der Waals surface area (Å²) in [5.41, 5.74) is 8.19. The highest BCUT2D eigenvalue weighted by Crippen LogP contribution is 2.21. The van der Waals surface area contributed by atoms with E-state index < -0.39 is 0 Å². The topological polar surface area (TPSA) is 84.9 Å². The first-order valence-electron chi connectivity index (χ1n) is 3.69. The van der Waals surface area contributed by atoms with Crippen molar-refractivity contribution in [2.24, 2.45) is 5.11 Å². The smallest absolute Gasteiger partial charge is 0.233 e. The van der Waals surface area contributed by atoms with Crippen molar-refractivity contribution < 1.29 is 9.47 Å². The Hall–Kier alpha value is -1.94. The average Bonchev–Trinajstić information content (AvgIpc) is 2.11. The van der Waals surface area contributed by atoms with Crippen molar-refractivity contribution in [3.8, 4) is 5.75 Å². The van der Waals surface area contributed by atoms with E-state index in [4.69, 9.17) is 10.3 Å². The van der Waals surface area contributed by atoms with E-state index in [-0.39, 0.29) is 11.6 Å². The van der Waals surface area contributed by atoms with Crippen LogP contribution in [0.15, 0.2) is 23.4 Å². The monoisotopic (exact) mass is 180 g/mol. The number of hydrogen-bond acceptors (Lipinski definition) is 3. The average molecular weight is 180 g/mol. The summed E-state index contributed by atoms with van der Waals surface area (Å²) in [5.74, 6) is 0.227. The summed E-state index contributed by atoms with van der Waals surface area (Å²) >= 11 is 0. The summed E-state index contributed by atoms with van der Waals surface area (Å²) in [4.78, 5) is 2.53. The van der Waals surface area contributed by atoms with Crippen LogP contribution in [0.5, 0.6) is 5.75 Å². The van der Waals surface area contributed by atoms with Crippen LogP contribution in [0, 0.1) is 5.21 Å². The van der Waals surface area contributed by atoms with Gasteiger partial charge in [-0.05, 0) is 29.7 Å². The highest BCUT2D eigenvalue weighted by atomic mass is 16.5. The standard InChI is InChI=1S/C7H8N4O2/c1-2-13-6-4-3-5-11(12)7(6)9-10-8/h3-5H,2H2,1H3. The van der Waals surface area contributed by atoms with E-state index in [9.17, 15) is 5.21 Å². The molecule has 13 heavy (non-hydrogen) atoms. The van der Waals surface area contributed by atoms with Gasteiger partial charge in [-0.25, -0.2) is 0 Å². The molecular weight excluding hydrogens is 172 g/mol. The minimum Gasteiger partial charge on any atom is -0.713 e. The van der Waals surface area contributed by atoms with Gasteiger partial charge in [0.1, 0.15) is 0 Å². The number of azide groups is 1. The lowest BCUT2D eigenvalue weighted by atomic mass is 10.4. The van der Waals surface area contributed by atoms with Crippen LogP contribution in [0.2, 0.25) is 0 Å². The second-order valence-electron chi connectivity index (χ2n) is 2.14. The second-order valence-corrected chi connectivity index (χ2v) is 2.14. The number of ether oxygens (including phenoxy) is 1. The molecule has 0 spiro atoms. The van der Waals surface area contributed by atoms with Crippen molar-refractivity contribution in [2.75, 3.05) is 6.61 Å². The molecule has 0 bridgehead atoms. The molecule has 0 saturated heterocycles. The lowest BCUT2D eigenvalue weighted by Crippen LogP contribution is -2.25. The molecular formula is C7H8N4O2. The van der Waals surface area contributed by atoms with E-state index >= 15 is 0 Å². The van der Waals surface area contributed by atoms with E-state index in [0.717, 1.165) is 0 Å². The molecule has 0 N–H and O–H groups in total. The summed E-state index contributed by atoms with van der Waals surface area (Å²) in [6, 6.07) is 3.09. The molecule has 0 aliphatic carbocycles. The van der Waals surface area contributed by atoms with Crippen molar-refractivity contribution in [1.82, 2.24) is 0 Å². The van der Waals surface area contributed by atoms with Crippen molar-refractivity contribution in [2.45, 2.75) is 6.92 Å². The Bertz CT molecular complexity index is 346. The van der Waals surface area contributed by atoms with E-state index in [1.807, 2.05) is 0 Å². The molecule has 1 rings (SSSR count). The molecule has 0 fully saturated rings. The minimum absolute atomic E-state index is 0.0631. The van der Waals surface area contributed by atoms with Crippen LogP contribution in [0.1, 0.15) is 6.92 Å². The molecule has 0 aliphatic rings. The van der Waals surface area contributed by atoms with Crippen LogP contribution in [-0.4, -0.2) is 6.61 Å². The molecule has 0 aromatic carbocycles. The van der Waals surface area contributed by atoms with Gasteiger partial charge in [0.25, 0.3) is 0 Å². The van der Waals surface area contributed by atoms with Crippen LogP contribution in [0.25, 0.3) is 10.4 Å². The van der Waals surface area contributed by atoms with Crippen LogP contribution in [0.3, 0.4) is 0 Å². The Morgan fingerprint density at radius 3 is 3.15 bits per heavy atom. The Balaban J connectivity index is 3.16. The molecule has 6 nitrogen and oxygen atoms in total. The summed E-state index contributed by atoms with van der Waals surface area (Å²) in [7, 11) is 0. The first-order valence-corrected chi connectivity index (χ1v) is 3.69. The highest BCUT2D eigenvalue weighted by Gasteiger charge is 2.04. The zero-order chi connectivity index (χ0) is 9.68. The maximum atomic E-state index is 11.1. The fourth-order valence-corrected chi connectivity index (χ4v) is 0.866. The number of pyridine rings is 1. The van der Waals surface area contributed by atoms with Gasteiger partial charge in [0.15, 0.2) is 5.75 Å². The Morgan fingerprint density at radius 1 is 1.77 bits per heavy atom. The first-order chi connectivity index (χ1) is 6.29. The third-order valence-corrected chi connectivity index (χ3v) is 1.34. The fraction of sp³-hybridized carbons (Fsp3) is 0.286. The third kappa shape index (κ3) is 2.00. The molecule has 0 radical (unpaired) electrons.